The number of hydrogen-bond acceptors (Lipinski definition) is 3. The molecule has 1 amide bonds. The van der Waals surface area contributed by atoms with Gasteiger partial charge in [0.05, 0.1) is 11.7 Å². The van der Waals surface area contributed by atoms with Gasteiger partial charge >= 0.3 is 0 Å². The van der Waals surface area contributed by atoms with E-state index in [-0.39, 0.29) is 11.9 Å². The Morgan fingerprint density at radius 1 is 1.03 bits per heavy atom. The van der Waals surface area contributed by atoms with Gasteiger partial charge in [0.15, 0.2) is 0 Å². The summed E-state index contributed by atoms with van der Waals surface area (Å²) in [4.78, 5) is 20.4. The highest BCUT2D eigenvalue weighted by Gasteiger charge is 2.23. The van der Waals surface area contributed by atoms with Gasteiger partial charge in [-0.15, -0.1) is 0 Å². The second-order valence-corrected chi connectivity index (χ2v) is 9.55. The first-order chi connectivity index (χ1) is 15.0. The van der Waals surface area contributed by atoms with Crippen molar-refractivity contribution in [1.29, 1.82) is 0 Å². The molecule has 4 heteroatoms. The van der Waals surface area contributed by atoms with Crippen LogP contribution in [0.2, 0.25) is 0 Å². The highest BCUT2D eigenvalue weighted by atomic mass is 32.2. The van der Waals surface area contributed by atoms with Crippen LogP contribution in [0.1, 0.15) is 64.0 Å². The van der Waals surface area contributed by atoms with Gasteiger partial charge in [-0.1, -0.05) is 48.2 Å². The van der Waals surface area contributed by atoms with Crippen LogP contribution in [0, 0.1) is 13.8 Å². The number of fused-ring (bicyclic) bond motifs is 3. The Morgan fingerprint density at radius 2 is 1.84 bits per heavy atom. The fourth-order valence-electron chi connectivity index (χ4n) is 4.69. The lowest BCUT2D eigenvalue weighted by Gasteiger charge is -2.26. The lowest BCUT2D eigenvalue weighted by Crippen LogP contribution is -2.30. The van der Waals surface area contributed by atoms with Crippen molar-refractivity contribution in [3.8, 4) is 0 Å². The summed E-state index contributed by atoms with van der Waals surface area (Å²) in [7, 11) is 0. The Balaban J connectivity index is 1.46. The first kappa shape index (κ1) is 20.1. The molecule has 1 aliphatic heterocycles. The molecule has 3 aromatic rings. The van der Waals surface area contributed by atoms with E-state index in [9.17, 15) is 4.79 Å². The molecule has 1 heterocycles. The molecule has 2 aliphatic rings. The monoisotopic (exact) mass is 426 g/mol. The van der Waals surface area contributed by atoms with Crippen LogP contribution in [0.15, 0.2) is 69.4 Å². The standard InChI is InChI=1S/C27H26N2OS/c1-16-11-12-17(2)26-25(16)18(3)28-23-15-20(13-14-24(23)31-26)27(30)29-22-10-6-8-19-7-4-5-9-21(19)22/h4-5,7,9,11-15,22H,6,8,10H2,1-3H3,(H,29,30)/t22-/m0/s1. The van der Waals surface area contributed by atoms with Crippen molar-refractivity contribution in [1.82, 2.24) is 5.32 Å². The van der Waals surface area contributed by atoms with Crippen LogP contribution in [0.25, 0.3) is 0 Å². The van der Waals surface area contributed by atoms with Crippen LogP contribution in [-0.2, 0) is 6.42 Å². The molecule has 5 rings (SSSR count). The van der Waals surface area contributed by atoms with Crippen molar-refractivity contribution >= 4 is 29.1 Å². The number of aliphatic imine (C=N–C) groups is 1. The Morgan fingerprint density at radius 3 is 2.71 bits per heavy atom. The molecule has 0 aromatic heterocycles. The molecule has 1 N–H and O–H groups in total. The molecule has 3 aromatic carbocycles. The topological polar surface area (TPSA) is 41.5 Å². The molecule has 0 bridgehead atoms. The highest BCUT2D eigenvalue weighted by Crippen LogP contribution is 2.43. The predicted molar refractivity (Wildman–Crippen MR) is 128 cm³/mol. The number of benzene rings is 3. The van der Waals surface area contributed by atoms with Crippen molar-refractivity contribution in [2.24, 2.45) is 4.99 Å². The second-order valence-electron chi connectivity index (χ2n) is 8.50. The van der Waals surface area contributed by atoms with Gasteiger partial charge in [-0.2, -0.15) is 0 Å². The van der Waals surface area contributed by atoms with Gasteiger partial charge in [0.1, 0.15) is 0 Å². The van der Waals surface area contributed by atoms with E-state index in [0.717, 1.165) is 35.6 Å². The predicted octanol–water partition coefficient (Wildman–Crippen LogP) is 6.72. The number of rotatable bonds is 2. The lowest BCUT2D eigenvalue weighted by molar-refractivity contribution is 0.0932. The average Bonchev–Trinajstić information content (AvgIpc) is 2.92. The maximum atomic E-state index is 13.1. The van der Waals surface area contributed by atoms with Crippen LogP contribution in [0.4, 0.5) is 5.69 Å². The smallest absolute Gasteiger partial charge is 0.251 e. The number of nitrogens with one attached hydrogen (secondary N) is 1. The van der Waals surface area contributed by atoms with Gasteiger partial charge in [-0.3, -0.25) is 9.79 Å². The molecule has 3 nitrogen and oxygen atoms in total. The molecule has 31 heavy (non-hydrogen) atoms. The molecule has 0 unspecified atom stereocenters. The van der Waals surface area contributed by atoms with Gasteiger partial charge in [0, 0.05) is 26.6 Å². The largest absolute Gasteiger partial charge is 0.345 e. The van der Waals surface area contributed by atoms with E-state index < -0.39 is 0 Å². The summed E-state index contributed by atoms with van der Waals surface area (Å²) in [6, 6.07) is 18.8. The maximum absolute atomic E-state index is 13.1. The number of hydrogen-bond donors (Lipinski definition) is 1. The molecule has 156 valence electrons. The van der Waals surface area contributed by atoms with Crippen molar-refractivity contribution in [3.05, 3.63) is 88.0 Å². The summed E-state index contributed by atoms with van der Waals surface area (Å²) in [5.74, 6) is -0.0310. The van der Waals surface area contributed by atoms with E-state index in [1.54, 1.807) is 11.8 Å². The van der Waals surface area contributed by atoms with Crippen LogP contribution >= 0.6 is 11.8 Å². The average molecular weight is 427 g/mol. The summed E-state index contributed by atoms with van der Waals surface area (Å²) in [6.07, 6.45) is 3.17. The van der Waals surface area contributed by atoms with Crippen LogP contribution < -0.4 is 5.32 Å². The number of nitrogens with zero attached hydrogens (tertiary/aromatic N) is 1. The van der Waals surface area contributed by atoms with E-state index in [4.69, 9.17) is 4.99 Å². The number of aryl methyl sites for hydroxylation is 3. The highest BCUT2D eigenvalue weighted by molar-refractivity contribution is 7.99. The van der Waals surface area contributed by atoms with Crippen molar-refractivity contribution in [2.75, 3.05) is 0 Å². The van der Waals surface area contributed by atoms with Crippen molar-refractivity contribution < 1.29 is 4.79 Å². The maximum Gasteiger partial charge on any atom is 0.251 e. The summed E-state index contributed by atoms with van der Waals surface area (Å²) < 4.78 is 0. The third-order valence-electron chi connectivity index (χ3n) is 6.32. The lowest BCUT2D eigenvalue weighted by atomic mass is 9.87. The molecule has 1 aliphatic carbocycles. The minimum atomic E-state index is -0.0310. The van der Waals surface area contributed by atoms with Crippen molar-refractivity contribution in [2.45, 2.75) is 55.9 Å². The molecular weight excluding hydrogens is 400 g/mol. The Labute approximate surface area is 188 Å². The summed E-state index contributed by atoms with van der Waals surface area (Å²) in [5, 5.41) is 3.27. The van der Waals surface area contributed by atoms with Gasteiger partial charge in [-0.05, 0) is 80.5 Å². The molecule has 0 spiro atoms. The van der Waals surface area contributed by atoms with E-state index >= 15 is 0 Å². The van der Waals surface area contributed by atoms with E-state index in [1.165, 1.54) is 32.7 Å². The third-order valence-corrected chi connectivity index (χ3v) is 7.62. The quantitative estimate of drug-likeness (QED) is 0.494. The number of carbonyl (C=O) groups excluding carboxylic acids is 1. The Bertz CT molecular complexity index is 1230. The zero-order chi connectivity index (χ0) is 21.5. The summed E-state index contributed by atoms with van der Waals surface area (Å²) in [6.45, 7) is 6.34. The summed E-state index contributed by atoms with van der Waals surface area (Å²) in [5.41, 5.74) is 8.84. The SMILES string of the molecule is CC1=Nc2cc(C(=O)N[C@H]3CCCc4ccccc43)ccc2Sc2c(C)ccc(C)c21. The van der Waals surface area contributed by atoms with Crippen LogP contribution in [0.5, 0.6) is 0 Å². The van der Waals surface area contributed by atoms with Gasteiger partial charge in [-0.25, -0.2) is 0 Å². The fourth-order valence-corrected chi connectivity index (χ4v) is 5.90. The molecule has 1 atom stereocenters. The zero-order valence-electron chi connectivity index (χ0n) is 18.2. The first-order valence-corrected chi connectivity index (χ1v) is 11.7. The van der Waals surface area contributed by atoms with Gasteiger partial charge in [0.25, 0.3) is 5.91 Å². The number of carbonyl (C=O) groups is 1. The molecular formula is C27H26N2OS. The van der Waals surface area contributed by atoms with E-state index in [2.05, 4.69) is 62.5 Å². The normalized spacial score (nSPS) is 17.0. The molecule has 0 saturated carbocycles. The fraction of sp³-hybridized carbons (Fsp3) is 0.259. The van der Waals surface area contributed by atoms with Crippen molar-refractivity contribution in [3.63, 3.8) is 0 Å². The van der Waals surface area contributed by atoms with Crippen LogP contribution in [-0.4, -0.2) is 11.6 Å². The minimum Gasteiger partial charge on any atom is -0.345 e. The van der Waals surface area contributed by atoms with E-state index in [0.29, 0.717) is 5.56 Å². The zero-order valence-corrected chi connectivity index (χ0v) is 19.0. The third kappa shape index (κ3) is 3.70. The van der Waals surface area contributed by atoms with Crippen LogP contribution in [0.3, 0.4) is 0 Å². The number of amides is 1. The molecule has 0 radical (unpaired) electrons. The minimum absolute atomic E-state index is 0.0310. The summed E-state index contributed by atoms with van der Waals surface area (Å²) >= 11 is 1.75. The Hall–Kier alpha value is -2.85. The first-order valence-electron chi connectivity index (χ1n) is 10.9. The molecule has 0 fully saturated rings. The molecule has 0 saturated heterocycles. The Kier molecular flexibility index (Phi) is 5.19. The van der Waals surface area contributed by atoms with Gasteiger partial charge < -0.3 is 5.32 Å². The van der Waals surface area contributed by atoms with E-state index in [1.807, 2.05) is 18.2 Å². The van der Waals surface area contributed by atoms with Gasteiger partial charge in [0.2, 0.25) is 0 Å². The second kappa shape index (κ2) is 8.01.